The van der Waals surface area contributed by atoms with E-state index in [-0.39, 0.29) is 30.9 Å². The van der Waals surface area contributed by atoms with Crippen LogP contribution in [-0.2, 0) is 6.18 Å². The predicted octanol–water partition coefficient (Wildman–Crippen LogP) is 4.08. The smallest absolute Gasteiger partial charge is 0.370 e. The van der Waals surface area contributed by atoms with Crippen molar-refractivity contribution in [1.29, 1.82) is 0 Å². The molecule has 0 aromatic carbocycles. The van der Waals surface area contributed by atoms with Gasteiger partial charge in [-0.25, -0.2) is 13.8 Å². The second kappa shape index (κ2) is 9.11. The number of nitrogens with zero attached hydrogens (tertiary/aromatic N) is 5. The van der Waals surface area contributed by atoms with Gasteiger partial charge in [-0.3, -0.25) is 9.58 Å². The van der Waals surface area contributed by atoms with Crippen LogP contribution in [0.2, 0.25) is 0 Å². The minimum atomic E-state index is -4.57. The molecule has 7 nitrogen and oxygen atoms in total. The quantitative estimate of drug-likeness (QED) is 0.642. The summed E-state index contributed by atoms with van der Waals surface area (Å²) in [7, 11) is 0. The first-order chi connectivity index (χ1) is 14.2. The lowest BCUT2D eigenvalue weighted by Gasteiger charge is -2.33. The Hall–Kier alpha value is -2.50. The largest absolute Gasteiger partial charge is 0.421 e. The molecule has 0 aliphatic carbocycles. The zero-order valence-corrected chi connectivity index (χ0v) is 16.7. The van der Waals surface area contributed by atoms with Crippen LogP contribution >= 0.6 is 0 Å². The first kappa shape index (κ1) is 22.2. The van der Waals surface area contributed by atoms with Crippen LogP contribution in [0.3, 0.4) is 0 Å². The van der Waals surface area contributed by atoms with E-state index in [0.29, 0.717) is 18.8 Å². The second-order valence-electron chi connectivity index (χ2n) is 7.14. The number of aromatic nitrogens is 4. The Bertz CT molecular complexity index is 852. The third-order valence-corrected chi connectivity index (χ3v) is 4.95. The van der Waals surface area contributed by atoms with Crippen molar-refractivity contribution in [3.05, 3.63) is 23.7 Å². The monoisotopic (exact) mass is 433 g/mol. The van der Waals surface area contributed by atoms with Crippen LogP contribution in [0.15, 0.2) is 12.4 Å². The molecule has 1 fully saturated rings. The molecule has 0 radical (unpaired) electrons. The molecule has 0 saturated carbocycles. The normalized spacial score (nSPS) is 18.1. The van der Waals surface area contributed by atoms with Gasteiger partial charge in [0.1, 0.15) is 11.4 Å². The molecule has 0 amide bonds. The van der Waals surface area contributed by atoms with Crippen molar-refractivity contribution in [2.75, 3.05) is 36.8 Å². The summed E-state index contributed by atoms with van der Waals surface area (Å²) < 4.78 is 66.5. The predicted molar refractivity (Wildman–Crippen MR) is 102 cm³/mol. The number of anilines is 3. The van der Waals surface area contributed by atoms with Gasteiger partial charge >= 0.3 is 6.18 Å². The molecule has 0 spiro atoms. The standard InChI is InChI=1S/C18H24F5N7/c1-3-24-16-13(18(21,22)23)7-25-17(28-16)27-14-8-26-30(11(14)2)12-5-4-6-29(9-12)10-15(19)20/h7-8,12,15H,3-6,9-10H2,1-2H3,(H2,24,25,27,28). The van der Waals surface area contributed by atoms with E-state index in [1.165, 1.54) is 6.20 Å². The topological polar surface area (TPSA) is 70.9 Å². The molecule has 2 aromatic heterocycles. The van der Waals surface area contributed by atoms with Gasteiger partial charge < -0.3 is 10.6 Å². The number of hydrogen-bond donors (Lipinski definition) is 2. The summed E-state index contributed by atoms with van der Waals surface area (Å²) in [6, 6.07) is -0.0566. The van der Waals surface area contributed by atoms with E-state index in [4.69, 9.17) is 0 Å². The van der Waals surface area contributed by atoms with Crippen molar-refractivity contribution in [2.24, 2.45) is 0 Å². The van der Waals surface area contributed by atoms with Gasteiger partial charge in [-0.2, -0.15) is 23.3 Å². The van der Waals surface area contributed by atoms with Gasteiger partial charge in [-0.1, -0.05) is 0 Å². The maximum absolute atomic E-state index is 13.1. The first-order valence-corrected chi connectivity index (χ1v) is 9.68. The van der Waals surface area contributed by atoms with Crippen LogP contribution in [-0.4, -0.2) is 57.3 Å². The highest BCUT2D eigenvalue weighted by atomic mass is 19.4. The van der Waals surface area contributed by atoms with Crippen molar-refractivity contribution in [3.63, 3.8) is 0 Å². The van der Waals surface area contributed by atoms with Gasteiger partial charge in [-0.05, 0) is 33.2 Å². The van der Waals surface area contributed by atoms with E-state index in [9.17, 15) is 22.0 Å². The van der Waals surface area contributed by atoms with E-state index in [1.54, 1.807) is 23.4 Å². The average Bonchev–Trinajstić information content (AvgIpc) is 3.01. The van der Waals surface area contributed by atoms with Gasteiger partial charge in [0, 0.05) is 19.3 Å². The van der Waals surface area contributed by atoms with Crippen LogP contribution in [0.25, 0.3) is 0 Å². The van der Waals surface area contributed by atoms with Crippen LogP contribution in [0.4, 0.5) is 39.4 Å². The molecular formula is C18H24F5N7. The summed E-state index contributed by atoms with van der Waals surface area (Å²) in [5.74, 6) is -0.299. The lowest BCUT2D eigenvalue weighted by atomic mass is 10.1. The molecule has 1 atom stereocenters. The highest BCUT2D eigenvalue weighted by Crippen LogP contribution is 2.34. The number of halogens is 5. The number of piperidine rings is 1. The first-order valence-electron chi connectivity index (χ1n) is 9.68. The summed E-state index contributed by atoms with van der Waals surface area (Å²) in [6.45, 7) is 4.57. The van der Waals surface area contributed by atoms with Gasteiger partial charge in [0.2, 0.25) is 5.95 Å². The van der Waals surface area contributed by atoms with Crippen molar-refractivity contribution in [2.45, 2.75) is 45.3 Å². The summed E-state index contributed by atoms with van der Waals surface area (Å²) in [5, 5.41) is 9.86. The Morgan fingerprint density at radius 2 is 2.03 bits per heavy atom. The maximum atomic E-state index is 13.1. The zero-order valence-electron chi connectivity index (χ0n) is 16.7. The number of nitrogens with one attached hydrogen (secondary N) is 2. The number of rotatable bonds is 7. The fourth-order valence-electron chi connectivity index (χ4n) is 3.58. The molecule has 3 rings (SSSR count). The molecular weight excluding hydrogens is 409 g/mol. The van der Waals surface area contributed by atoms with Crippen LogP contribution < -0.4 is 10.6 Å². The van der Waals surface area contributed by atoms with Crippen LogP contribution in [0, 0.1) is 6.92 Å². The van der Waals surface area contributed by atoms with E-state index in [1.807, 2.05) is 0 Å². The van der Waals surface area contributed by atoms with Crippen LogP contribution in [0.1, 0.15) is 37.1 Å². The second-order valence-corrected chi connectivity index (χ2v) is 7.14. The van der Waals surface area contributed by atoms with E-state index in [0.717, 1.165) is 24.7 Å². The molecule has 2 N–H and O–H groups in total. The van der Waals surface area contributed by atoms with Gasteiger partial charge in [0.25, 0.3) is 6.43 Å². The number of likely N-dealkylation sites (tertiary alicyclic amines) is 1. The van der Waals surface area contributed by atoms with Crippen molar-refractivity contribution in [3.8, 4) is 0 Å². The Balaban J connectivity index is 1.77. The summed E-state index contributed by atoms with van der Waals surface area (Å²) in [5.41, 5.74) is 0.333. The molecule has 1 aliphatic heterocycles. The fourth-order valence-corrected chi connectivity index (χ4v) is 3.58. The molecule has 166 valence electrons. The molecule has 0 bridgehead atoms. The highest BCUT2D eigenvalue weighted by Gasteiger charge is 2.35. The third-order valence-electron chi connectivity index (χ3n) is 4.95. The molecule has 1 unspecified atom stereocenters. The van der Waals surface area contributed by atoms with Crippen molar-refractivity contribution < 1.29 is 22.0 Å². The summed E-state index contributed by atoms with van der Waals surface area (Å²) in [4.78, 5) is 9.45. The SMILES string of the molecule is CCNc1nc(Nc2cnn(C3CCCN(CC(F)F)C3)c2C)ncc1C(F)(F)F. The highest BCUT2D eigenvalue weighted by molar-refractivity contribution is 5.58. The summed E-state index contributed by atoms with van der Waals surface area (Å²) in [6.07, 6.45) is -3.09. The fraction of sp³-hybridized carbons (Fsp3) is 0.611. The maximum Gasteiger partial charge on any atom is 0.421 e. The van der Waals surface area contributed by atoms with E-state index >= 15 is 0 Å². The lowest BCUT2D eigenvalue weighted by Crippen LogP contribution is -2.39. The van der Waals surface area contributed by atoms with Crippen molar-refractivity contribution in [1.82, 2.24) is 24.6 Å². The Labute approximate surface area is 170 Å². The molecule has 12 heteroatoms. The lowest BCUT2D eigenvalue weighted by molar-refractivity contribution is -0.137. The van der Waals surface area contributed by atoms with Gasteiger partial charge in [-0.15, -0.1) is 0 Å². The average molecular weight is 433 g/mol. The van der Waals surface area contributed by atoms with Gasteiger partial charge in [0.15, 0.2) is 0 Å². The Morgan fingerprint density at radius 3 is 2.70 bits per heavy atom. The Kier molecular flexibility index (Phi) is 6.74. The van der Waals surface area contributed by atoms with E-state index in [2.05, 4.69) is 25.7 Å². The molecule has 1 aliphatic rings. The molecule has 1 saturated heterocycles. The zero-order chi connectivity index (χ0) is 21.9. The van der Waals surface area contributed by atoms with Crippen molar-refractivity contribution >= 4 is 17.5 Å². The minimum Gasteiger partial charge on any atom is -0.370 e. The minimum absolute atomic E-state index is 0.00423. The van der Waals surface area contributed by atoms with Gasteiger partial charge in [0.05, 0.1) is 30.2 Å². The molecule has 30 heavy (non-hydrogen) atoms. The van der Waals surface area contributed by atoms with E-state index < -0.39 is 18.2 Å². The molecule has 2 aromatic rings. The van der Waals surface area contributed by atoms with Crippen LogP contribution in [0.5, 0.6) is 0 Å². The number of hydrogen-bond acceptors (Lipinski definition) is 6. The molecule has 3 heterocycles. The third kappa shape index (κ3) is 5.15. The Morgan fingerprint density at radius 1 is 1.27 bits per heavy atom. The number of alkyl halides is 5. The summed E-state index contributed by atoms with van der Waals surface area (Å²) >= 11 is 0.